The van der Waals surface area contributed by atoms with E-state index < -0.39 is 0 Å². The van der Waals surface area contributed by atoms with Gasteiger partial charge in [0, 0.05) is 19.1 Å². The van der Waals surface area contributed by atoms with Crippen LogP contribution in [0.15, 0.2) is 0 Å². The minimum absolute atomic E-state index is 0.260. The van der Waals surface area contributed by atoms with Gasteiger partial charge >= 0.3 is 0 Å². The molecule has 0 spiro atoms. The van der Waals surface area contributed by atoms with Gasteiger partial charge in [-0.1, -0.05) is 20.8 Å². The van der Waals surface area contributed by atoms with Gasteiger partial charge in [0.1, 0.15) is 0 Å². The Balaban J connectivity index is 1.82. The summed E-state index contributed by atoms with van der Waals surface area (Å²) in [7, 11) is 0. The molecule has 104 valence electrons. The van der Waals surface area contributed by atoms with Gasteiger partial charge in [0.2, 0.25) is 5.91 Å². The molecule has 1 heterocycles. The van der Waals surface area contributed by atoms with Crippen molar-refractivity contribution in [1.29, 1.82) is 0 Å². The van der Waals surface area contributed by atoms with E-state index in [0.29, 0.717) is 12.5 Å². The lowest BCUT2D eigenvalue weighted by Crippen LogP contribution is -2.43. The lowest BCUT2D eigenvalue weighted by molar-refractivity contribution is -0.128. The third kappa shape index (κ3) is 3.45. The largest absolute Gasteiger partial charge is 0.325 e. The van der Waals surface area contributed by atoms with E-state index in [1.165, 1.54) is 12.8 Å². The van der Waals surface area contributed by atoms with E-state index >= 15 is 0 Å². The van der Waals surface area contributed by atoms with Crippen LogP contribution >= 0.6 is 0 Å². The molecule has 2 fully saturated rings. The number of likely N-dealkylation sites (N-methyl/N-ethyl adjacent to an activating group) is 1. The average Bonchev–Trinajstić information content (AvgIpc) is 3.09. The van der Waals surface area contributed by atoms with Crippen LogP contribution in [0, 0.1) is 5.92 Å². The van der Waals surface area contributed by atoms with E-state index in [-0.39, 0.29) is 12.1 Å². The fourth-order valence-electron chi connectivity index (χ4n) is 2.80. The first-order valence-electron chi connectivity index (χ1n) is 7.38. The van der Waals surface area contributed by atoms with E-state index in [4.69, 9.17) is 0 Å². The second-order valence-corrected chi connectivity index (χ2v) is 5.97. The third-order valence-corrected chi connectivity index (χ3v) is 3.98. The Hall–Kier alpha value is -0.610. The van der Waals surface area contributed by atoms with Crippen LogP contribution in [0.2, 0.25) is 0 Å². The number of carbonyl (C=O) groups is 1. The number of amides is 1. The summed E-state index contributed by atoms with van der Waals surface area (Å²) in [5.74, 6) is 0.897. The van der Waals surface area contributed by atoms with Crippen molar-refractivity contribution >= 4 is 5.91 Å². The van der Waals surface area contributed by atoms with Crippen molar-refractivity contribution in [1.82, 2.24) is 15.1 Å². The van der Waals surface area contributed by atoms with E-state index in [1.54, 1.807) is 0 Å². The zero-order chi connectivity index (χ0) is 13.1. The molecule has 1 N–H and O–H groups in total. The Morgan fingerprint density at radius 2 is 2.17 bits per heavy atom. The zero-order valence-corrected chi connectivity index (χ0v) is 12.0. The van der Waals surface area contributed by atoms with Crippen molar-refractivity contribution in [2.75, 3.05) is 26.2 Å². The molecule has 0 aromatic heterocycles. The predicted octanol–water partition coefficient (Wildman–Crippen LogP) is 1.27. The molecule has 1 aliphatic heterocycles. The van der Waals surface area contributed by atoms with Gasteiger partial charge in [-0.25, -0.2) is 0 Å². The van der Waals surface area contributed by atoms with Crippen LogP contribution in [0.3, 0.4) is 0 Å². The highest BCUT2D eigenvalue weighted by molar-refractivity contribution is 5.80. The minimum atomic E-state index is 0.260. The summed E-state index contributed by atoms with van der Waals surface area (Å²) in [6.45, 7) is 10.2. The fraction of sp³-hybridized carbons (Fsp3) is 0.929. The van der Waals surface area contributed by atoms with Crippen LogP contribution in [-0.4, -0.2) is 54.1 Å². The maximum atomic E-state index is 11.9. The van der Waals surface area contributed by atoms with Crippen LogP contribution in [0.1, 0.15) is 40.0 Å². The molecule has 0 aromatic carbocycles. The number of nitrogens with zero attached hydrogens (tertiary/aromatic N) is 2. The van der Waals surface area contributed by atoms with Gasteiger partial charge in [-0.15, -0.1) is 0 Å². The number of rotatable bonds is 7. The zero-order valence-electron chi connectivity index (χ0n) is 12.0. The summed E-state index contributed by atoms with van der Waals surface area (Å²) in [4.78, 5) is 16.5. The first-order chi connectivity index (χ1) is 8.61. The molecule has 0 bridgehead atoms. The molecule has 1 saturated heterocycles. The van der Waals surface area contributed by atoms with Crippen molar-refractivity contribution in [2.45, 2.75) is 52.2 Å². The van der Waals surface area contributed by atoms with E-state index in [2.05, 4.69) is 31.0 Å². The number of hydrogen-bond donors (Lipinski definition) is 1. The molecule has 18 heavy (non-hydrogen) atoms. The second-order valence-electron chi connectivity index (χ2n) is 5.97. The molecule has 0 aromatic rings. The van der Waals surface area contributed by atoms with Crippen LogP contribution in [0.4, 0.5) is 0 Å². The Labute approximate surface area is 111 Å². The van der Waals surface area contributed by atoms with Crippen molar-refractivity contribution in [2.24, 2.45) is 5.92 Å². The van der Waals surface area contributed by atoms with Gasteiger partial charge in [-0.3, -0.25) is 15.0 Å². The van der Waals surface area contributed by atoms with Crippen LogP contribution in [-0.2, 0) is 4.79 Å². The van der Waals surface area contributed by atoms with Gasteiger partial charge in [-0.2, -0.15) is 0 Å². The SMILES string of the molecule is CCN(CCN1C(=O)CNC1CC(C)C)C1CC1. The van der Waals surface area contributed by atoms with Crippen molar-refractivity contribution in [3.63, 3.8) is 0 Å². The summed E-state index contributed by atoms with van der Waals surface area (Å²) >= 11 is 0. The van der Waals surface area contributed by atoms with Crippen molar-refractivity contribution in [3.05, 3.63) is 0 Å². The Kier molecular flexibility index (Phi) is 4.62. The third-order valence-electron chi connectivity index (χ3n) is 3.98. The lowest BCUT2D eigenvalue weighted by atomic mass is 10.1. The van der Waals surface area contributed by atoms with Crippen molar-refractivity contribution in [3.8, 4) is 0 Å². The van der Waals surface area contributed by atoms with Crippen LogP contribution in [0.25, 0.3) is 0 Å². The first kappa shape index (κ1) is 13.8. The monoisotopic (exact) mass is 253 g/mol. The van der Waals surface area contributed by atoms with E-state index in [0.717, 1.165) is 32.1 Å². The molecule has 4 nitrogen and oxygen atoms in total. The van der Waals surface area contributed by atoms with Gasteiger partial charge in [-0.05, 0) is 31.7 Å². The molecule has 2 rings (SSSR count). The molecular formula is C14H27N3O. The number of hydrogen-bond acceptors (Lipinski definition) is 3. The Morgan fingerprint density at radius 1 is 1.44 bits per heavy atom. The van der Waals surface area contributed by atoms with Gasteiger partial charge in [0.25, 0.3) is 0 Å². The van der Waals surface area contributed by atoms with E-state index in [9.17, 15) is 4.79 Å². The van der Waals surface area contributed by atoms with Gasteiger partial charge in [0.15, 0.2) is 0 Å². The molecule has 4 heteroatoms. The lowest BCUT2D eigenvalue weighted by Gasteiger charge is -2.29. The summed E-state index contributed by atoms with van der Waals surface area (Å²) in [6.07, 6.45) is 4.00. The van der Waals surface area contributed by atoms with Gasteiger partial charge in [0.05, 0.1) is 12.7 Å². The number of nitrogens with one attached hydrogen (secondary N) is 1. The molecule has 2 aliphatic rings. The Bertz CT molecular complexity index is 289. The summed E-state index contributed by atoms with van der Waals surface area (Å²) in [5.41, 5.74) is 0. The normalized spacial score (nSPS) is 24.6. The molecule has 1 atom stereocenters. The maximum Gasteiger partial charge on any atom is 0.237 e. The Morgan fingerprint density at radius 3 is 2.72 bits per heavy atom. The quantitative estimate of drug-likeness (QED) is 0.742. The highest BCUT2D eigenvalue weighted by Gasteiger charge is 2.32. The highest BCUT2D eigenvalue weighted by Crippen LogP contribution is 2.26. The number of carbonyl (C=O) groups excluding carboxylic acids is 1. The molecule has 1 amide bonds. The van der Waals surface area contributed by atoms with Crippen LogP contribution in [0.5, 0.6) is 0 Å². The summed E-state index contributed by atoms with van der Waals surface area (Å²) < 4.78 is 0. The van der Waals surface area contributed by atoms with Crippen molar-refractivity contribution < 1.29 is 4.79 Å². The molecule has 0 radical (unpaired) electrons. The maximum absolute atomic E-state index is 11.9. The average molecular weight is 253 g/mol. The van der Waals surface area contributed by atoms with Gasteiger partial charge < -0.3 is 4.90 Å². The van der Waals surface area contributed by atoms with E-state index in [1.807, 2.05) is 4.90 Å². The second kappa shape index (κ2) is 6.02. The molecule has 1 saturated carbocycles. The topological polar surface area (TPSA) is 35.6 Å². The molecule has 1 unspecified atom stereocenters. The summed E-state index contributed by atoms with van der Waals surface area (Å²) in [5, 5.41) is 3.33. The molecule has 1 aliphatic carbocycles. The highest BCUT2D eigenvalue weighted by atomic mass is 16.2. The fourth-order valence-corrected chi connectivity index (χ4v) is 2.80. The smallest absolute Gasteiger partial charge is 0.237 e. The first-order valence-corrected chi connectivity index (χ1v) is 7.38. The predicted molar refractivity (Wildman–Crippen MR) is 73.2 cm³/mol. The molecular weight excluding hydrogens is 226 g/mol. The summed E-state index contributed by atoms with van der Waals surface area (Å²) in [6, 6.07) is 0.796. The van der Waals surface area contributed by atoms with Crippen LogP contribution < -0.4 is 5.32 Å². The standard InChI is InChI=1S/C14H27N3O/c1-4-16(12-5-6-12)7-8-17-13(9-11(2)3)15-10-14(17)18/h11-13,15H,4-10H2,1-3H3. The minimum Gasteiger partial charge on any atom is -0.325 e.